The van der Waals surface area contributed by atoms with Crippen LogP contribution in [-0.2, 0) is 25.6 Å². The minimum Gasteiger partial charge on any atom is -0.492 e. The lowest BCUT2D eigenvalue weighted by atomic mass is 9.93. The maximum absolute atomic E-state index is 14.1. The Hall–Kier alpha value is -5.44. The van der Waals surface area contributed by atoms with E-state index in [9.17, 15) is 24.0 Å². The maximum atomic E-state index is 14.1. The van der Waals surface area contributed by atoms with Gasteiger partial charge in [0.05, 0.1) is 6.07 Å². The number of rotatable bonds is 13. The molecule has 0 radical (unpaired) electrons. The van der Waals surface area contributed by atoms with Gasteiger partial charge in [-0.05, 0) is 55.3 Å². The Morgan fingerprint density at radius 2 is 1.62 bits per heavy atom. The third kappa shape index (κ3) is 10.0. The summed E-state index contributed by atoms with van der Waals surface area (Å²) in [4.78, 5) is 68.0. The molecule has 6 amide bonds. The van der Waals surface area contributed by atoms with E-state index in [1.807, 2.05) is 6.07 Å². The molecular weight excluding hydrogens is 648 g/mol. The van der Waals surface area contributed by atoms with Crippen molar-refractivity contribution in [3.63, 3.8) is 0 Å². The van der Waals surface area contributed by atoms with Crippen molar-refractivity contribution in [1.82, 2.24) is 31.5 Å². The van der Waals surface area contributed by atoms with Crippen molar-refractivity contribution < 1.29 is 33.4 Å². The molecule has 1 aliphatic heterocycles. The molecule has 270 valence electrons. The number of carbonyl (C=O) groups excluding carboxylic acids is 5. The molecule has 4 bridgehead atoms. The lowest BCUT2D eigenvalue weighted by molar-refractivity contribution is -0.141. The minimum atomic E-state index is -1.33. The number of likely N-dealkylation sites (N-methyl/N-ethyl adjacent to an activating group) is 1. The molecule has 1 aliphatic rings. The first-order chi connectivity index (χ1) is 24.0. The summed E-state index contributed by atoms with van der Waals surface area (Å²) >= 11 is 0. The van der Waals surface area contributed by atoms with Gasteiger partial charge in [-0.2, -0.15) is 5.26 Å². The number of urea groups is 1. The molecule has 0 spiro atoms. The highest BCUT2D eigenvalue weighted by molar-refractivity contribution is 5.96. The van der Waals surface area contributed by atoms with E-state index in [-0.39, 0.29) is 52.2 Å². The Kier molecular flexibility index (Phi) is 14.8. The average molecular weight is 695 g/mol. The molecule has 1 heterocycles. The van der Waals surface area contributed by atoms with Gasteiger partial charge in [0.25, 0.3) is 0 Å². The molecular formula is C33H46N10O7. The van der Waals surface area contributed by atoms with Crippen LogP contribution in [0.15, 0.2) is 36.4 Å². The zero-order chi connectivity index (χ0) is 36.8. The first kappa shape index (κ1) is 39.0. The third-order valence-corrected chi connectivity index (χ3v) is 7.84. The Morgan fingerprint density at radius 3 is 2.22 bits per heavy atom. The van der Waals surface area contributed by atoms with Gasteiger partial charge in [-0.1, -0.05) is 12.1 Å². The minimum absolute atomic E-state index is 0.0211. The summed E-state index contributed by atoms with van der Waals surface area (Å²) in [5.41, 5.74) is 19.2. The number of nitrogens with zero attached hydrogens (tertiary/aromatic N) is 2. The van der Waals surface area contributed by atoms with Crippen LogP contribution in [0.1, 0.15) is 30.5 Å². The molecule has 4 atom stereocenters. The molecule has 0 aromatic heterocycles. The van der Waals surface area contributed by atoms with Gasteiger partial charge in [0.2, 0.25) is 23.6 Å². The van der Waals surface area contributed by atoms with E-state index in [4.69, 9.17) is 31.9 Å². The second-order valence-electron chi connectivity index (χ2n) is 11.4. The second kappa shape index (κ2) is 18.9. The molecule has 17 heteroatoms. The summed E-state index contributed by atoms with van der Waals surface area (Å²) in [5.74, 6) is -1.84. The summed E-state index contributed by atoms with van der Waals surface area (Å²) in [6.45, 7) is 1.95. The van der Waals surface area contributed by atoms with Crippen LogP contribution in [0.25, 0.3) is 11.1 Å². The van der Waals surface area contributed by atoms with Crippen LogP contribution in [0.3, 0.4) is 0 Å². The van der Waals surface area contributed by atoms with E-state index >= 15 is 0 Å². The van der Waals surface area contributed by atoms with Crippen molar-refractivity contribution >= 4 is 29.7 Å². The number of nitriles is 1. The number of fused-ring (bicyclic) bond motifs is 5. The highest BCUT2D eigenvalue weighted by Gasteiger charge is 2.36. The summed E-state index contributed by atoms with van der Waals surface area (Å²) in [6, 6.07) is 6.63. The Balaban J connectivity index is 2.30. The van der Waals surface area contributed by atoms with Crippen molar-refractivity contribution in [3.05, 3.63) is 47.5 Å². The van der Waals surface area contributed by atoms with E-state index in [1.165, 1.54) is 25.9 Å². The number of carbonyl (C=O) groups is 5. The van der Waals surface area contributed by atoms with E-state index < -0.39 is 53.8 Å². The largest absolute Gasteiger partial charge is 0.492 e. The molecule has 2 aromatic rings. The molecule has 0 fully saturated rings. The van der Waals surface area contributed by atoms with Gasteiger partial charge in [-0.3, -0.25) is 19.2 Å². The molecule has 0 aliphatic carbocycles. The average Bonchev–Trinajstić information content (AvgIpc) is 3.11. The number of nitrogens with one attached hydrogen (secondary N) is 5. The SMILES string of the molecule is CNC(=O)N[C@@H](CCN)C(=O)N(C)[C@@H]1C(=O)N[C@@H](C)C(=O)N[C@H](C(=O)NCC#N)Cc2ccc(OCCN)c(c2)-c2cc1ccc2OCCN. The summed E-state index contributed by atoms with van der Waals surface area (Å²) in [5, 5.41) is 21.8. The fourth-order valence-electron chi connectivity index (χ4n) is 5.36. The highest BCUT2D eigenvalue weighted by Crippen LogP contribution is 2.40. The predicted molar refractivity (Wildman–Crippen MR) is 183 cm³/mol. The van der Waals surface area contributed by atoms with Gasteiger partial charge in [0.15, 0.2) is 0 Å². The summed E-state index contributed by atoms with van der Waals surface area (Å²) in [6.07, 6.45) is 0.0952. The fraction of sp³-hybridized carbons (Fsp3) is 0.455. The quantitative estimate of drug-likeness (QED) is 0.110. The van der Waals surface area contributed by atoms with Crippen LogP contribution in [0.2, 0.25) is 0 Å². The van der Waals surface area contributed by atoms with Gasteiger partial charge in [-0.25, -0.2) is 4.79 Å². The molecule has 50 heavy (non-hydrogen) atoms. The van der Waals surface area contributed by atoms with Crippen molar-refractivity contribution in [2.75, 3.05) is 53.5 Å². The number of nitrogens with two attached hydrogens (primary N) is 3. The second-order valence-corrected chi connectivity index (χ2v) is 11.4. The molecule has 11 N–H and O–H groups in total. The Bertz CT molecular complexity index is 1580. The van der Waals surface area contributed by atoms with Gasteiger partial charge in [0.1, 0.15) is 55.4 Å². The van der Waals surface area contributed by atoms with Crippen molar-refractivity contribution in [1.29, 1.82) is 5.26 Å². The third-order valence-electron chi connectivity index (χ3n) is 7.84. The zero-order valence-electron chi connectivity index (χ0n) is 28.4. The van der Waals surface area contributed by atoms with Gasteiger partial charge < -0.3 is 58.2 Å². The Morgan fingerprint density at radius 1 is 0.980 bits per heavy atom. The summed E-state index contributed by atoms with van der Waals surface area (Å²) in [7, 11) is 2.80. The fourth-order valence-corrected chi connectivity index (χ4v) is 5.36. The topological polar surface area (TPSA) is 269 Å². The number of ether oxygens (including phenoxy) is 2. The molecule has 0 saturated carbocycles. The number of benzene rings is 2. The van der Waals surface area contributed by atoms with Gasteiger partial charge in [0, 0.05) is 44.7 Å². The monoisotopic (exact) mass is 694 g/mol. The number of amides is 6. The van der Waals surface area contributed by atoms with E-state index in [1.54, 1.807) is 36.4 Å². The van der Waals surface area contributed by atoms with E-state index in [0.29, 0.717) is 33.8 Å². The van der Waals surface area contributed by atoms with Crippen molar-refractivity contribution in [3.8, 4) is 28.7 Å². The summed E-state index contributed by atoms with van der Waals surface area (Å²) < 4.78 is 12.0. The smallest absolute Gasteiger partial charge is 0.315 e. The molecule has 17 nitrogen and oxygen atoms in total. The highest BCUT2D eigenvalue weighted by atomic mass is 16.5. The van der Waals surface area contributed by atoms with Crippen LogP contribution in [0, 0.1) is 11.3 Å². The van der Waals surface area contributed by atoms with Crippen LogP contribution in [0.4, 0.5) is 4.79 Å². The molecule has 0 saturated heterocycles. The van der Waals surface area contributed by atoms with Crippen LogP contribution >= 0.6 is 0 Å². The Labute approximate surface area is 290 Å². The number of hydrogen-bond acceptors (Lipinski definition) is 11. The predicted octanol–water partition coefficient (Wildman–Crippen LogP) is -1.64. The molecule has 3 rings (SSSR count). The molecule has 2 aromatic carbocycles. The van der Waals surface area contributed by atoms with Crippen molar-refractivity contribution in [2.24, 2.45) is 17.2 Å². The van der Waals surface area contributed by atoms with Crippen LogP contribution in [0.5, 0.6) is 11.5 Å². The lowest BCUT2D eigenvalue weighted by Crippen LogP contribution is -2.56. The van der Waals surface area contributed by atoms with Gasteiger partial charge in [-0.15, -0.1) is 0 Å². The lowest BCUT2D eigenvalue weighted by Gasteiger charge is -2.32. The number of hydrogen-bond donors (Lipinski definition) is 8. The molecule has 0 unspecified atom stereocenters. The van der Waals surface area contributed by atoms with Crippen LogP contribution in [-0.4, -0.2) is 106 Å². The maximum Gasteiger partial charge on any atom is 0.315 e. The van der Waals surface area contributed by atoms with Crippen LogP contribution < -0.4 is 53.3 Å². The zero-order valence-corrected chi connectivity index (χ0v) is 28.4. The standard InChI is InChI=1S/C33H46N10O7/c1-19-29(44)41-25(30(45)39-13-10-35)17-20-4-6-26(49-14-11-36)22(16-20)23-18-21(5-7-27(23)50-15-12-37)28(31(46)40-19)43(3)32(47)24(8-9-34)42-33(48)38-2/h4-7,16,18-19,24-25,28H,8-9,11-15,17,34,36-37H2,1-3H3,(H,39,45)(H,40,46)(H,41,44)(H2,38,42,48)/t19-,24-,25-,28-/m0/s1. The van der Waals surface area contributed by atoms with E-state index in [0.717, 1.165) is 0 Å². The van der Waals surface area contributed by atoms with Crippen molar-refractivity contribution in [2.45, 2.75) is 43.9 Å². The first-order valence-corrected chi connectivity index (χ1v) is 16.1. The normalized spacial score (nSPS) is 17.8. The van der Waals surface area contributed by atoms with Gasteiger partial charge >= 0.3 is 6.03 Å². The van der Waals surface area contributed by atoms with E-state index in [2.05, 4.69) is 26.6 Å². The first-order valence-electron chi connectivity index (χ1n) is 16.1.